The van der Waals surface area contributed by atoms with Crippen molar-refractivity contribution in [3.63, 3.8) is 0 Å². The molecule has 1 aromatic heterocycles. The van der Waals surface area contributed by atoms with E-state index in [2.05, 4.69) is 17.2 Å². The molecular weight excluding hydrogens is 316 g/mol. The fraction of sp³-hybridized carbons (Fsp3) is 0.737. The van der Waals surface area contributed by atoms with Crippen LogP contribution < -0.4 is 11.1 Å². The van der Waals surface area contributed by atoms with Crippen LogP contribution in [0.4, 0.5) is 17.3 Å². The van der Waals surface area contributed by atoms with E-state index in [-0.39, 0.29) is 11.5 Å². The van der Waals surface area contributed by atoms with E-state index in [0.717, 1.165) is 13.0 Å². The summed E-state index contributed by atoms with van der Waals surface area (Å²) in [6.45, 7) is 3.08. The number of hydrogen-bond donors (Lipinski definition) is 2. The summed E-state index contributed by atoms with van der Waals surface area (Å²) < 4.78 is 0. The first-order chi connectivity index (χ1) is 12.1. The highest BCUT2D eigenvalue weighted by molar-refractivity contribution is 5.57. The number of nitrogens with zero attached hydrogens (tertiary/aromatic N) is 2. The van der Waals surface area contributed by atoms with Crippen LogP contribution in [0.3, 0.4) is 0 Å². The van der Waals surface area contributed by atoms with Gasteiger partial charge in [0.15, 0.2) is 0 Å². The van der Waals surface area contributed by atoms with Gasteiger partial charge in [-0.2, -0.15) is 0 Å². The number of nitrogens with two attached hydrogens (primary N) is 1. The summed E-state index contributed by atoms with van der Waals surface area (Å²) in [6, 6.07) is 3.00. The van der Waals surface area contributed by atoms with Crippen molar-refractivity contribution < 1.29 is 4.92 Å². The van der Waals surface area contributed by atoms with Crippen LogP contribution in [-0.4, -0.2) is 16.5 Å². The maximum absolute atomic E-state index is 10.7. The van der Waals surface area contributed by atoms with Crippen LogP contribution in [0.25, 0.3) is 0 Å². The molecular formula is C19H34N4O2. The lowest BCUT2D eigenvalue weighted by molar-refractivity contribution is -0.384. The van der Waals surface area contributed by atoms with Gasteiger partial charge in [-0.3, -0.25) is 10.1 Å². The Labute approximate surface area is 151 Å². The standard InChI is InChI=1S/C19H34N4O2/c1-2-3-4-5-6-7-8-9-10-11-12-13-16-21-18-15-14-17(23(24)25)19(20)22-18/h14-15H,2-13,16H2,1H3,(H3,20,21,22). The zero-order chi connectivity index (χ0) is 18.3. The van der Waals surface area contributed by atoms with Crippen molar-refractivity contribution in [2.45, 2.75) is 84.0 Å². The second kappa shape index (κ2) is 13.4. The summed E-state index contributed by atoms with van der Waals surface area (Å²) in [4.78, 5) is 14.2. The second-order valence-corrected chi connectivity index (χ2v) is 6.67. The topological polar surface area (TPSA) is 94.1 Å². The van der Waals surface area contributed by atoms with E-state index in [4.69, 9.17) is 5.73 Å². The van der Waals surface area contributed by atoms with E-state index in [1.165, 1.54) is 76.7 Å². The first kappa shape index (κ1) is 21.2. The highest BCUT2D eigenvalue weighted by Crippen LogP contribution is 2.20. The van der Waals surface area contributed by atoms with Crippen molar-refractivity contribution in [3.05, 3.63) is 22.2 Å². The summed E-state index contributed by atoms with van der Waals surface area (Å²) in [6.07, 6.45) is 15.9. The van der Waals surface area contributed by atoms with Gasteiger partial charge in [-0.1, -0.05) is 77.6 Å². The van der Waals surface area contributed by atoms with Crippen molar-refractivity contribution in [2.24, 2.45) is 0 Å². The molecule has 1 rings (SSSR count). The third-order valence-corrected chi connectivity index (χ3v) is 4.44. The zero-order valence-electron chi connectivity index (χ0n) is 15.6. The predicted molar refractivity (Wildman–Crippen MR) is 105 cm³/mol. The van der Waals surface area contributed by atoms with Gasteiger partial charge in [0.05, 0.1) is 4.92 Å². The van der Waals surface area contributed by atoms with Gasteiger partial charge < -0.3 is 11.1 Å². The molecule has 0 aliphatic heterocycles. The summed E-state index contributed by atoms with van der Waals surface area (Å²) in [5, 5.41) is 13.9. The number of pyridine rings is 1. The molecule has 0 radical (unpaired) electrons. The van der Waals surface area contributed by atoms with Gasteiger partial charge in [-0.25, -0.2) is 4.98 Å². The highest BCUT2D eigenvalue weighted by atomic mass is 16.6. The molecule has 0 aliphatic carbocycles. The largest absolute Gasteiger partial charge is 0.378 e. The Morgan fingerprint density at radius 3 is 1.96 bits per heavy atom. The van der Waals surface area contributed by atoms with E-state index in [1.54, 1.807) is 6.07 Å². The molecule has 0 unspecified atom stereocenters. The summed E-state index contributed by atoms with van der Waals surface area (Å²) in [7, 11) is 0. The third-order valence-electron chi connectivity index (χ3n) is 4.44. The maximum Gasteiger partial charge on any atom is 0.311 e. The zero-order valence-corrected chi connectivity index (χ0v) is 15.6. The molecule has 6 nitrogen and oxygen atoms in total. The van der Waals surface area contributed by atoms with Gasteiger partial charge >= 0.3 is 5.69 Å². The molecule has 25 heavy (non-hydrogen) atoms. The Morgan fingerprint density at radius 2 is 1.48 bits per heavy atom. The molecule has 3 N–H and O–H groups in total. The minimum Gasteiger partial charge on any atom is -0.378 e. The molecule has 0 amide bonds. The molecule has 0 saturated carbocycles. The Kier molecular flexibility index (Phi) is 11.4. The number of nitrogen functional groups attached to an aromatic ring is 1. The number of nitrogens with one attached hydrogen (secondary N) is 1. The van der Waals surface area contributed by atoms with E-state index in [9.17, 15) is 10.1 Å². The molecule has 0 fully saturated rings. The number of unbranched alkanes of at least 4 members (excludes halogenated alkanes) is 11. The molecule has 6 heteroatoms. The normalized spacial score (nSPS) is 10.8. The lowest BCUT2D eigenvalue weighted by atomic mass is 10.1. The Balaban J connectivity index is 1.95. The molecule has 1 aromatic rings. The molecule has 0 spiro atoms. The summed E-state index contributed by atoms with van der Waals surface area (Å²) in [5.41, 5.74) is 5.43. The lowest BCUT2D eigenvalue weighted by Crippen LogP contribution is -2.06. The van der Waals surface area contributed by atoms with Crippen LogP contribution in [0, 0.1) is 10.1 Å². The number of rotatable bonds is 15. The van der Waals surface area contributed by atoms with Crippen LogP contribution in [0.15, 0.2) is 12.1 Å². The summed E-state index contributed by atoms with van der Waals surface area (Å²) in [5.74, 6) is 0.566. The number of nitro groups is 1. The fourth-order valence-corrected chi connectivity index (χ4v) is 2.90. The third kappa shape index (κ3) is 9.89. The first-order valence-corrected chi connectivity index (χ1v) is 9.80. The van der Waals surface area contributed by atoms with Gasteiger partial charge in [0.25, 0.3) is 0 Å². The summed E-state index contributed by atoms with van der Waals surface area (Å²) >= 11 is 0. The molecule has 1 heterocycles. The SMILES string of the molecule is CCCCCCCCCCCCCCNc1ccc([N+](=O)[O-])c(N)n1. The van der Waals surface area contributed by atoms with Crippen molar-refractivity contribution in [3.8, 4) is 0 Å². The van der Waals surface area contributed by atoms with Gasteiger partial charge in [0.1, 0.15) is 5.82 Å². The highest BCUT2D eigenvalue weighted by Gasteiger charge is 2.12. The van der Waals surface area contributed by atoms with Crippen LogP contribution in [0.5, 0.6) is 0 Å². The quantitative estimate of drug-likeness (QED) is 0.241. The fourth-order valence-electron chi connectivity index (χ4n) is 2.90. The Bertz CT molecular complexity index is 494. The van der Waals surface area contributed by atoms with Gasteiger partial charge in [-0.05, 0) is 12.5 Å². The second-order valence-electron chi connectivity index (χ2n) is 6.67. The van der Waals surface area contributed by atoms with Crippen LogP contribution in [0.1, 0.15) is 84.0 Å². The van der Waals surface area contributed by atoms with Gasteiger partial charge in [0.2, 0.25) is 5.82 Å². The van der Waals surface area contributed by atoms with Crippen molar-refractivity contribution >= 4 is 17.3 Å². The van der Waals surface area contributed by atoms with Crippen molar-refractivity contribution in [2.75, 3.05) is 17.6 Å². The first-order valence-electron chi connectivity index (χ1n) is 9.80. The van der Waals surface area contributed by atoms with E-state index in [1.807, 2.05) is 0 Å². The number of aromatic nitrogens is 1. The van der Waals surface area contributed by atoms with Crippen LogP contribution in [-0.2, 0) is 0 Å². The Hall–Kier alpha value is -1.85. The number of anilines is 2. The van der Waals surface area contributed by atoms with Crippen LogP contribution >= 0.6 is 0 Å². The van der Waals surface area contributed by atoms with Crippen molar-refractivity contribution in [1.29, 1.82) is 0 Å². The Morgan fingerprint density at radius 1 is 0.960 bits per heavy atom. The molecule has 0 saturated heterocycles. The molecule has 0 bridgehead atoms. The van der Waals surface area contributed by atoms with E-state index in [0.29, 0.717) is 5.82 Å². The molecule has 142 valence electrons. The minimum absolute atomic E-state index is 0.0373. The van der Waals surface area contributed by atoms with Crippen molar-refractivity contribution in [1.82, 2.24) is 4.98 Å². The smallest absolute Gasteiger partial charge is 0.311 e. The average Bonchev–Trinajstić information content (AvgIpc) is 2.58. The molecule has 0 atom stereocenters. The van der Waals surface area contributed by atoms with E-state index >= 15 is 0 Å². The number of hydrogen-bond acceptors (Lipinski definition) is 5. The van der Waals surface area contributed by atoms with Crippen LogP contribution in [0.2, 0.25) is 0 Å². The molecule has 0 aliphatic rings. The lowest BCUT2D eigenvalue weighted by Gasteiger charge is -2.06. The predicted octanol–water partition coefficient (Wildman–Crippen LogP) is 5.69. The van der Waals surface area contributed by atoms with E-state index < -0.39 is 4.92 Å². The van der Waals surface area contributed by atoms with Gasteiger partial charge in [0, 0.05) is 12.6 Å². The monoisotopic (exact) mass is 350 g/mol. The average molecular weight is 351 g/mol. The minimum atomic E-state index is -0.517. The molecule has 0 aromatic carbocycles. The van der Waals surface area contributed by atoms with Gasteiger partial charge in [-0.15, -0.1) is 0 Å². The maximum atomic E-state index is 10.7.